The van der Waals surface area contributed by atoms with Crippen molar-refractivity contribution in [3.63, 3.8) is 0 Å². The zero-order chi connectivity index (χ0) is 14.0. The molecule has 0 bridgehead atoms. The van der Waals surface area contributed by atoms with Crippen LogP contribution >= 0.6 is 12.2 Å². The van der Waals surface area contributed by atoms with E-state index in [1.54, 1.807) is 6.92 Å². The largest absolute Gasteiger partial charge is 0.393 e. The van der Waals surface area contributed by atoms with Gasteiger partial charge in [-0.1, -0.05) is 12.2 Å². The van der Waals surface area contributed by atoms with Crippen molar-refractivity contribution in [1.82, 2.24) is 4.98 Å². The molecular formula is C14H21N3OS. The first-order valence-corrected chi connectivity index (χ1v) is 7.11. The molecule has 1 aliphatic rings. The maximum atomic E-state index is 9.38. The van der Waals surface area contributed by atoms with E-state index >= 15 is 0 Å². The number of pyridine rings is 1. The van der Waals surface area contributed by atoms with Crippen LogP contribution < -0.4 is 10.6 Å². The Morgan fingerprint density at radius 2 is 2.32 bits per heavy atom. The van der Waals surface area contributed by atoms with E-state index in [1.165, 1.54) is 11.3 Å². The minimum absolute atomic E-state index is 0.315. The van der Waals surface area contributed by atoms with E-state index in [1.807, 2.05) is 11.9 Å². The van der Waals surface area contributed by atoms with Crippen LogP contribution in [0.25, 0.3) is 0 Å². The van der Waals surface area contributed by atoms with Crippen LogP contribution in [0.2, 0.25) is 0 Å². The summed E-state index contributed by atoms with van der Waals surface area (Å²) in [6, 6.07) is 2.09. The van der Waals surface area contributed by atoms with Gasteiger partial charge in [0.05, 0.1) is 11.7 Å². The van der Waals surface area contributed by atoms with E-state index in [4.69, 9.17) is 22.9 Å². The minimum atomic E-state index is -0.315. The van der Waals surface area contributed by atoms with Crippen LogP contribution in [0, 0.1) is 0 Å². The summed E-state index contributed by atoms with van der Waals surface area (Å²) in [7, 11) is 1.97. The maximum absolute atomic E-state index is 9.38. The van der Waals surface area contributed by atoms with Gasteiger partial charge in [0.2, 0.25) is 0 Å². The molecule has 19 heavy (non-hydrogen) atoms. The quantitative estimate of drug-likeness (QED) is 0.798. The molecule has 1 unspecified atom stereocenters. The molecule has 0 saturated heterocycles. The first-order chi connectivity index (χ1) is 8.99. The van der Waals surface area contributed by atoms with E-state index in [0.717, 1.165) is 37.2 Å². The summed E-state index contributed by atoms with van der Waals surface area (Å²) in [5.74, 6) is 0.841. The number of aliphatic hydroxyl groups is 1. The molecule has 0 radical (unpaired) electrons. The summed E-state index contributed by atoms with van der Waals surface area (Å²) in [6.45, 7) is 2.53. The Bertz CT molecular complexity index is 488. The molecule has 5 heteroatoms. The van der Waals surface area contributed by atoms with E-state index in [-0.39, 0.29) is 6.10 Å². The van der Waals surface area contributed by atoms with Crippen molar-refractivity contribution >= 4 is 23.0 Å². The van der Waals surface area contributed by atoms with Crippen LogP contribution in [-0.2, 0) is 12.8 Å². The zero-order valence-electron chi connectivity index (χ0n) is 11.5. The lowest BCUT2D eigenvalue weighted by Crippen LogP contribution is -2.26. The van der Waals surface area contributed by atoms with Gasteiger partial charge in [0.25, 0.3) is 0 Å². The number of nitrogens with zero attached hydrogens (tertiary/aromatic N) is 2. The highest BCUT2D eigenvalue weighted by Gasteiger charge is 2.19. The predicted molar refractivity (Wildman–Crippen MR) is 81.7 cm³/mol. The fourth-order valence-electron chi connectivity index (χ4n) is 2.42. The lowest BCUT2D eigenvalue weighted by Gasteiger charge is -2.22. The minimum Gasteiger partial charge on any atom is -0.393 e. The van der Waals surface area contributed by atoms with Crippen LogP contribution in [0.4, 0.5) is 5.82 Å². The Balaban J connectivity index is 2.29. The van der Waals surface area contributed by atoms with Crippen molar-refractivity contribution in [2.24, 2.45) is 5.73 Å². The molecule has 1 aliphatic carbocycles. The van der Waals surface area contributed by atoms with Crippen LogP contribution in [-0.4, -0.2) is 34.8 Å². The monoisotopic (exact) mass is 279 g/mol. The molecule has 0 spiro atoms. The number of rotatable bonds is 5. The third-order valence-corrected chi connectivity index (χ3v) is 3.76. The number of thiocarbonyl (C=S) groups is 1. The second-order valence-corrected chi connectivity index (χ2v) is 5.68. The first kappa shape index (κ1) is 14.2. The van der Waals surface area contributed by atoms with Gasteiger partial charge in [-0.15, -0.1) is 0 Å². The number of nitrogens with two attached hydrogens (primary N) is 1. The maximum Gasteiger partial charge on any atom is 0.138 e. The number of aryl methyl sites for hydroxylation is 2. The molecule has 1 aromatic rings. The summed E-state index contributed by atoms with van der Waals surface area (Å²) in [6.07, 6.45) is 3.64. The molecule has 1 heterocycles. The van der Waals surface area contributed by atoms with Gasteiger partial charge >= 0.3 is 0 Å². The van der Waals surface area contributed by atoms with Gasteiger partial charge < -0.3 is 15.7 Å². The predicted octanol–water partition coefficient (Wildman–Crippen LogP) is 1.41. The number of hydrogen-bond donors (Lipinski definition) is 2. The topological polar surface area (TPSA) is 62.4 Å². The summed E-state index contributed by atoms with van der Waals surface area (Å²) in [5, 5.41) is 9.38. The summed E-state index contributed by atoms with van der Waals surface area (Å²) in [5.41, 5.74) is 9.11. The summed E-state index contributed by atoms with van der Waals surface area (Å²) < 4.78 is 0. The number of fused-ring (bicyclic) bond motifs is 1. The van der Waals surface area contributed by atoms with Gasteiger partial charge in [-0.05, 0) is 44.2 Å². The number of anilines is 1. The lowest BCUT2D eigenvalue weighted by molar-refractivity contribution is 0.187. The lowest BCUT2D eigenvalue weighted by atomic mass is 10.1. The van der Waals surface area contributed by atoms with E-state index in [9.17, 15) is 5.11 Å². The van der Waals surface area contributed by atoms with Gasteiger partial charge in [-0.25, -0.2) is 4.98 Å². The first-order valence-electron chi connectivity index (χ1n) is 6.71. The average molecular weight is 279 g/mol. The Hall–Kier alpha value is -1.20. The molecule has 4 nitrogen and oxygen atoms in total. The summed E-state index contributed by atoms with van der Waals surface area (Å²) in [4.78, 5) is 7.15. The molecular weight excluding hydrogens is 258 g/mol. The van der Waals surface area contributed by atoms with Gasteiger partial charge in [-0.2, -0.15) is 0 Å². The molecule has 0 amide bonds. The second-order valence-electron chi connectivity index (χ2n) is 5.24. The smallest absolute Gasteiger partial charge is 0.138 e. The molecule has 1 atom stereocenters. The normalized spacial score (nSPS) is 15.1. The van der Waals surface area contributed by atoms with Crippen LogP contribution in [0.3, 0.4) is 0 Å². The van der Waals surface area contributed by atoms with Crippen molar-refractivity contribution in [1.29, 1.82) is 0 Å². The summed E-state index contributed by atoms with van der Waals surface area (Å²) >= 11 is 5.14. The third-order valence-electron chi connectivity index (χ3n) is 3.54. The van der Waals surface area contributed by atoms with E-state index in [2.05, 4.69) is 6.07 Å². The van der Waals surface area contributed by atoms with Crippen molar-refractivity contribution in [2.45, 2.75) is 38.7 Å². The van der Waals surface area contributed by atoms with Crippen molar-refractivity contribution in [3.8, 4) is 0 Å². The Labute approximate surface area is 119 Å². The van der Waals surface area contributed by atoms with Gasteiger partial charge in [0.15, 0.2) is 0 Å². The third kappa shape index (κ3) is 3.22. The van der Waals surface area contributed by atoms with Crippen LogP contribution in [0.15, 0.2) is 6.07 Å². The number of aromatic nitrogens is 1. The molecule has 2 rings (SSSR count). The SMILES string of the molecule is CC(O)CCN(C)c1nc2c(cc1C(N)=S)CCC2. The van der Waals surface area contributed by atoms with Crippen LogP contribution in [0.5, 0.6) is 0 Å². The van der Waals surface area contributed by atoms with Crippen molar-refractivity contribution in [2.75, 3.05) is 18.5 Å². The molecule has 104 valence electrons. The Morgan fingerprint density at radius 3 is 2.95 bits per heavy atom. The fraction of sp³-hybridized carbons (Fsp3) is 0.571. The highest BCUT2D eigenvalue weighted by molar-refractivity contribution is 7.80. The van der Waals surface area contributed by atoms with Gasteiger partial charge in [0, 0.05) is 19.3 Å². The highest BCUT2D eigenvalue weighted by Crippen LogP contribution is 2.27. The van der Waals surface area contributed by atoms with Gasteiger partial charge in [-0.3, -0.25) is 0 Å². The van der Waals surface area contributed by atoms with E-state index < -0.39 is 0 Å². The second kappa shape index (κ2) is 5.84. The van der Waals surface area contributed by atoms with Crippen molar-refractivity contribution in [3.05, 3.63) is 22.9 Å². The average Bonchev–Trinajstić information content (AvgIpc) is 2.81. The molecule has 1 aromatic heterocycles. The molecule has 0 aromatic carbocycles. The Kier molecular flexibility index (Phi) is 4.37. The zero-order valence-corrected chi connectivity index (χ0v) is 12.3. The standard InChI is InChI=1S/C14H21N3OS/c1-9(18)6-7-17(2)14-11(13(15)19)8-10-4-3-5-12(10)16-14/h8-9,18H,3-7H2,1-2H3,(H2,15,19). The molecule has 0 fully saturated rings. The fourth-order valence-corrected chi connectivity index (χ4v) is 2.57. The van der Waals surface area contributed by atoms with Crippen LogP contribution in [0.1, 0.15) is 36.6 Å². The molecule has 3 N–H and O–H groups in total. The van der Waals surface area contributed by atoms with Gasteiger partial charge in [0.1, 0.15) is 10.8 Å². The number of aliphatic hydroxyl groups excluding tert-OH is 1. The molecule has 0 saturated carbocycles. The van der Waals surface area contributed by atoms with Crippen molar-refractivity contribution < 1.29 is 5.11 Å². The van der Waals surface area contributed by atoms with E-state index in [0.29, 0.717) is 11.4 Å². The number of hydrogen-bond acceptors (Lipinski definition) is 4. The molecule has 0 aliphatic heterocycles. The Morgan fingerprint density at radius 1 is 1.58 bits per heavy atom. The highest BCUT2D eigenvalue weighted by atomic mass is 32.1.